The Morgan fingerprint density at radius 2 is 1.90 bits per heavy atom. The summed E-state index contributed by atoms with van der Waals surface area (Å²) in [5.74, 6) is 0.00602. The number of hydrogen-bond donors (Lipinski definition) is 1. The third-order valence-corrected chi connectivity index (χ3v) is 4.62. The summed E-state index contributed by atoms with van der Waals surface area (Å²) in [5.41, 5.74) is 1.85. The first-order valence-electron chi connectivity index (χ1n) is 6.95. The Balaban J connectivity index is 2.07. The number of hydrogen-bond acceptors (Lipinski definition) is 3. The van der Waals surface area contributed by atoms with Crippen molar-refractivity contribution in [2.75, 3.05) is 11.9 Å². The van der Waals surface area contributed by atoms with Gasteiger partial charge in [-0.15, -0.1) is 0 Å². The van der Waals surface area contributed by atoms with Gasteiger partial charge in [-0.3, -0.25) is 4.79 Å². The number of primary sulfonamides is 1. The zero-order valence-corrected chi connectivity index (χ0v) is 12.9. The molecule has 0 atom stereocenters. The summed E-state index contributed by atoms with van der Waals surface area (Å²) >= 11 is 0. The highest BCUT2D eigenvalue weighted by Crippen LogP contribution is 2.22. The normalized spacial score (nSPS) is 15.4. The standard InChI is InChI=1S/C15H20N2O3S/c1-17(15(18)11-12-5-3-2-4-6-12)13-7-9-14(10-8-13)21(16,19)20/h5,7-10H,2-4,6,11H2,1H3,(H2,16,19,20). The molecule has 114 valence electrons. The van der Waals surface area contributed by atoms with Gasteiger partial charge in [-0.1, -0.05) is 11.6 Å². The van der Waals surface area contributed by atoms with E-state index in [0.29, 0.717) is 12.1 Å². The van der Waals surface area contributed by atoms with Gasteiger partial charge < -0.3 is 4.90 Å². The van der Waals surface area contributed by atoms with Crippen molar-refractivity contribution < 1.29 is 13.2 Å². The molecular weight excluding hydrogens is 288 g/mol. The van der Waals surface area contributed by atoms with E-state index in [1.807, 2.05) is 0 Å². The molecule has 0 spiro atoms. The molecule has 0 aromatic heterocycles. The predicted octanol–water partition coefficient (Wildman–Crippen LogP) is 2.19. The highest BCUT2D eigenvalue weighted by Gasteiger charge is 2.15. The van der Waals surface area contributed by atoms with Gasteiger partial charge in [-0.2, -0.15) is 0 Å². The molecule has 21 heavy (non-hydrogen) atoms. The van der Waals surface area contributed by atoms with Crippen molar-refractivity contribution in [3.63, 3.8) is 0 Å². The smallest absolute Gasteiger partial charge is 0.238 e. The van der Waals surface area contributed by atoms with Crippen molar-refractivity contribution in [3.05, 3.63) is 35.9 Å². The molecule has 1 aliphatic carbocycles. The summed E-state index contributed by atoms with van der Waals surface area (Å²) < 4.78 is 22.4. The van der Waals surface area contributed by atoms with Crippen molar-refractivity contribution in [1.29, 1.82) is 0 Å². The molecule has 0 bridgehead atoms. The van der Waals surface area contributed by atoms with Gasteiger partial charge in [0, 0.05) is 19.2 Å². The Hall–Kier alpha value is -1.66. The van der Waals surface area contributed by atoms with Gasteiger partial charge in [0.15, 0.2) is 0 Å². The Morgan fingerprint density at radius 3 is 2.43 bits per heavy atom. The van der Waals surface area contributed by atoms with E-state index >= 15 is 0 Å². The van der Waals surface area contributed by atoms with E-state index in [9.17, 15) is 13.2 Å². The number of rotatable bonds is 4. The van der Waals surface area contributed by atoms with Crippen LogP contribution in [0.5, 0.6) is 0 Å². The van der Waals surface area contributed by atoms with Crippen LogP contribution in [0.2, 0.25) is 0 Å². The molecular formula is C15H20N2O3S. The van der Waals surface area contributed by atoms with Gasteiger partial charge >= 0.3 is 0 Å². The minimum Gasteiger partial charge on any atom is -0.315 e. The van der Waals surface area contributed by atoms with Gasteiger partial charge in [0.25, 0.3) is 0 Å². The third-order valence-electron chi connectivity index (χ3n) is 3.69. The van der Waals surface area contributed by atoms with Crippen molar-refractivity contribution in [2.24, 2.45) is 5.14 Å². The van der Waals surface area contributed by atoms with Crippen LogP contribution < -0.4 is 10.0 Å². The average Bonchev–Trinajstić information content (AvgIpc) is 2.46. The van der Waals surface area contributed by atoms with Crippen LogP contribution >= 0.6 is 0 Å². The first-order chi connectivity index (χ1) is 9.88. The van der Waals surface area contributed by atoms with Gasteiger partial charge in [-0.05, 0) is 49.9 Å². The van der Waals surface area contributed by atoms with E-state index in [0.717, 1.165) is 19.3 Å². The summed E-state index contributed by atoms with van der Waals surface area (Å²) in [5, 5.41) is 5.05. The minimum absolute atomic E-state index is 0.00602. The molecule has 2 rings (SSSR count). The number of allylic oxidation sites excluding steroid dienone is 1. The van der Waals surface area contributed by atoms with Crippen molar-refractivity contribution in [1.82, 2.24) is 0 Å². The lowest BCUT2D eigenvalue weighted by Crippen LogP contribution is -2.26. The Labute approximate surface area is 125 Å². The SMILES string of the molecule is CN(C(=O)CC1=CCCCC1)c1ccc(S(N)(=O)=O)cc1. The fourth-order valence-corrected chi connectivity index (χ4v) is 2.90. The molecule has 0 aliphatic heterocycles. The molecule has 0 radical (unpaired) electrons. The number of carbonyl (C=O) groups excluding carboxylic acids is 1. The van der Waals surface area contributed by atoms with E-state index in [1.165, 1.54) is 24.1 Å². The van der Waals surface area contributed by atoms with E-state index < -0.39 is 10.0 Å². The fraction of sp³-hybridized carbons (Fsp3) is 0.400. The molecule has 2 N–H and O–H groups in total. The van der Waals surface area contributed by atoms with Crippen molar-refractivity contribution >= 4 is 21.6 Å². The number of anilines is 1. The van der Waals surface area contributed by atoms with Crippen LogP contribution in [0.3, 0.4) is 0 Å². The maximum absolute atomic E-state index is 12.2. The topological polar surface area (TPSA) is 80.5 Å². The molecule has 0 heterocycles. The van der Waals surface area contributed by atoms with Crippen LogP contribution in [-0.4, -0.2) is 21.4 Å². The maximum atomic E-state index is 12.2. The van der Waals surface area contributed by atoms with E-state index in [4.69, 9.17) is 5.14 Å². The Kier molecular flexibility index (Phi) is 4.80. The van der Waals surface area contributed by atoms with Gasteiger partial charge in [0.05, 0.1) is 4.90 Å². The molecule has 1 aromatic rings. The van der Waals surface area contributed by atoms with Crippen LogP contribution in [0.4, 0.5) is 5.69 Å². The second-order valence-corrected chi connectivity index (χ2v) is 6.84. The van der Waals surface area contributed by atoms with Gasteiger partial charge in [-0.25, -0.2) is 13.6 Å². The first kappa shape index (κ1) is 15.7. The molecule has 6 heteroatoms. The zero-order valence-electron chi connectivity index (χ0n) is 12.1. The summed E-state index contributed by atoms with van der Waals surface area (Å²) in [7, 11) is -2.01. The van der Waals surface area contributed by atoms with E-state index in [2.05, 4.69) is 6.08 Å². The van der Waals surface area contributed by atoms with Crippen LogP contribution in [0.25, 0.3) is 0 Å². The second-order valence-electron chi connectivity index (χ2n) is 5.28. The lowest BCUT2D eigenvalue weighted by molar-refractivity contribution is -0.117. The summed E-state index contributed by atoms with van der Waals surface area (Å²) in [6, 6.07) is 6.00. The molecule has 1 aliphatic rings. The van der Waals surface area contributed by atoms with Crippen LogP contribution in [0.15, 0.2) is 40.8 Å². The number of carbonyl (C=O) groups is 1. The quantitative estimate of drug-likeness (QED) is 0.866. The van der Waals surface area contributed by atoms with Crippen molar-refractivity contribution in [2.45, 2.75) is 37.0 Å². The molecule has 1 amide bonds. The third kappa shape index (κ3) is 4.15. The lowest BCUT2D eigenvalue weighted by atomic mass is 9.97. The minimum atomic E-state index is -3.70. The van der Waals surface area contributed by atoms with E-state index in [1.54, 1.807) is 24.1 Å². The molecule has 5 nitrogen and oxygen atoms in total. The van der Waals surface area contributed by atoms with Crippen LogP contribution in [0.1, 0.15) is 32.1 Å². The van der Waals surface area contributed by atoms with Crippen LogP contribution in [-0.2, 0) is 14.8 Å². The van der Waals surface area contributed by atoms with Crippen molar-refractivity contribution in [3.8, 4) is 0 Å². The number of nitrogens with zero attached hydrogens (tertiary/aromatic N) is 1. The molecule has 0 unspecified atom stereocenters. The monoisotopic (exact) mass is 308 g/mol. The predicted molar refractivity (Wildman–Crippen MR) is 82.4 cm³/mol. The lowest BCUT2D eigenvalue weighted by Gasteiger charge is -2.20. The number of benzene rings is 1. The fourth-order valence-electron chi connectivity index (χ4n) is 2.38. The molecule has 1 aromatic carbocycles. The summed E-state index contributed by atoms with van der Waals surface area (Å²) in [4.78, 5) is 13.8. The first-order valence-corrected chi connectivity index (χ1v) is 8.50. The zero-order chi connectivity index (χ0) is 15.5. The second kappa shape index (κ2) is 6.41. The summed E-state index contributed by atoms with van der Waals surface area (Å²) in [6.45, 7) is 0. The number of nitrogens with two attached hydrogens (primary N) is 1. The van der Waals surface area contributed by atoms with E-state index in [-0.39, 0.29) is 10.8 Å². The highest BCUT2D eigenvalue weighted by molar-refractivity contribution is 7.89. The number of sulfonamides is 1. The summed E-state index contributed by atoms with van der Waals surface area (Å²) in [6.07, 6.45) is 6.96. The molecule has 0 saturated heterocycles. The van der Waals surface area contributed by atoms with Gasteiger partial charge in [0.2, 0.25) is 15.9 Å². The largest absolute Gasteiger partial charge is 0.315 e. The Bertz CT molecular complexity index is 648. The van der Waals surface area contributed by atoms with Crippen LogP contribution in [0, 0.1) is 0 Å². The van der Waals surface area contributed by atoms with Gasteiger partial charge in [0.1, 0.15) is 0 Å². The Morgan fingerprint density at radius 1 is 1.24 bits per heavy atom. The molecule has 0 saturated carbocycles. The highest BCUT2D eigenvalue weighted by atomic mass is 32.2. The number of amides is 1. The average molecular weight is 308 g/mol. The maximum Gasteiger partial charge on any atom is 0.238 e. The molecule has 0 fully saturated rings.